The first-order valence-electron chi connectivity index (χ1n) is 8.32. The number of unbranched alkanes of at least 4 members (excludes halogenated alkanes) is 1. The molecule has 0 amide bonds. The quantitative estimate of drug-likeness (QED) is 0.192. The van der Waals surface area contributed by atoms with Gasteiger partial charge in [-0.25, -0.2) is 17.6 Å². The third-order valence-corrected chi connectivity index (χ3v) is 3.97. The maximum atomic E-state index is 14.7. The number of benzene rings is 1. The van der Waals surface area contributed by atoms with Crippen LogP contribution in [-0.4, -0.2) is 12.8 Å². The van der Waals surface area contributed by atoms with Crippen LogP contribution < -0.4 is 10.3 Å². The van der Waals surface area contributed by atoms with Crippen LogP contribution in [-0.2, 0) is 17.9 Å². The average molecular weight is 605 g/mol. The minimum atomic E-state index is -1.48. The molecule has 9 heteroatoms. The maximum absolute atomic E-state index is 14.7. The summed E-state index contributed by atoms with van der Waals surface area (Å²) in [6.07, 6.45) is 7.26. The van der Waals surface area contributed by atoms with Gasteiger partial charge in [0.15, 0.2) is 23.3 Å². The zero-order valence-electron chi connectivity index (χ0n) is 15.7. The molecule has 1 aliphatic rings. The van der Waals surface area contributed by atoms with Gasteiger partial charge in [0.1, 0.15) is 5.69 Å². The van der Waals surface area contributed by atoms with Gasteiger partial charge in [-0.05, 0) is 24.1 Å². The van der Waals surface area contributed by atoms with E-state index in [0.717, 1.165) is 6.42 Å². The molecular weight excluding hydrogens is 586 g/mol. The van der Waals surface area contributed by atoms with Gasteiger partial charge in [0, 0.05) is 12.8 Å². The van der Waals surface area contributed by atoms with E-state index >= 15 is 0 Å². The Balaban J connectivity index is 0.00000136. The fraction of sp³-hybridized carbons (Fsp3) is 0.200. The van der Waals surface area contributed by atoms with Gasteiger partial charge in [-0.2, -0.15) is 6.20 Å². The molecule has 29 heavy (non-hydrogen) atoms. The van der Waals surface area contributed by atoms with Gasteiger partial charge in [-0.3, -0.25) is 4.99 Å². The van der Waals surface area contributed by atoms with Crippen LogP contribution in [0.1, 0.15) is 31.0 Å². The second kappa shape index (κ2) is 12.0. The molecule has 2 heterocycles. The van der Waals surface area contributed by atoms with E-state index < -0.39 is 34.5 Å². The Kier molecular flexibility index (Phi) is 10.4. The Labute approximate surface area is 182 Å². The standard InChI is InChI=1S/C19H16F4N3.CH3.ClH.Ir/c1-2-3-8-26-19-17(22)15(20)14(16(21)18(19)23)13(11-6-4-9-24-11)12-7-5-10-25-12;;;/h4-7,9-10,26H,2-3,8H2,1H3;1H3;1H;/q2*-1;;+3/p-1/b13-11+;;;. The van der Waals surface area contributed by atoms with Gasteiger partial charge in [-0.15, -0.1) is 5.69 Å². The summed E-state index contributed by atoms with van der Waals surface area (Å²) in [5.41, 5.74) is -1.38. The monoisotopic (exact) mass is 605 g/mol. The second-order valence-electron chi connectivity index (χ2n) is 5.71. The van der Waals surface area contributed by atoms with E-state index in [1.807, 2.05) is 6.92 Å². The van der Waals surface area contributed by atoms with Gasteiger partial charge in [-0.1, -0.05) is 25.5 Å². The number of rotatable bonds is 6. The van der Waals surface area contributed by atoms with Crippen LogP contribution in [0.4, 0.5) is 23.2 Å². The molecule has 0 saturated heterocycles. The van der Waals surface area contributed by atoms with Crippen LogP contribution in [0.5, 0.6) is 0 Å². The molecular formula is C20H19ClF4IrN3. The van der Waals surface area contributed by atoms with E-state index in [2.05, 4.69) is 24.9 Å². The summed E-state index contributed by atoms with van der Waals surface area (Å²) in [5.74, 6) is -5.90. The van der Waals surface area contributed by atoms with Crippen molar-refractivity contribution in [3.63, 3.8) is 0 Å². The van der Waals surface area contributed by atoms with E-state index in [9.17, 15) is 17.6 Å². The Bertz CT molecular complexity index is 866. The normalized spacial score (nSPS) is 13.6. The second-order valence-corrected chi connectivity index (χ2v) is 5.71. The van der Waals surface area contributed by atoms with Crippen molar-refractivity contribution in [1.82, 2.24) is 4.98 Å². The molecule has 1 aliphatic heterocycles. The van der Waals surface area contributed by atoms with Crippen molar-refractivity contribution in [2.24, 2.45) is 4.99 Å². The summed E-state index contributed by atoms with van der Waals surface area (Å²) in [6.45, 7) is 2.09. The molecule has 1 aromatic heterocycles. The third-order valence-electron chi connectivity index (χ3n) is 3.97. The average Bonchev–Trinajstić information content (AvgIpc) is 3.42. The predicted molar refractivity (Wildman–Crippen MR) is 105 cm³/mol. The number of aromatic nitrogens is 1. The van der Waals surface area contributed by atoms with Crippen LogP contribution in [0.2, 0.25) is 0 Å². The van der Waals surface area contributed by atoms with E-state index in [1.165, 1.54) is 42.4 Å². The number of hydrogen-bond acceptors (Lipinski definition) is 2. The first kappa shape index (κ1) is 25.1. The third kappa shape index (κ3) is 5.38. The summed E-state index contributed by atoms with van der Waals surface area (Å²) >= 11 is 1.47. The number of anilines is 1. The first-order chi connectivity index (χ1) is 13.6. The number of aliphatic imine (C=N–C) groups is 1. The molecule has 3 nitrogen and oxygen atoms in total. The fourth-order valence-electron chi connectivity index (χ4n) is 2.68. The SMILES string of the molecule is CCCCNc1c(F)c(F)c(/C(=C2\C=CC=N2)c2ccc[n-]2)c(F)c1F.[CH3-].[Cl][Ir+2]. The Morgan fingerprint density at radius 2 is 1.79 bits per heavy atom. The van der Waals surface area contributed by atoms with Gasteiger partial charge in [0.25, 0.3) is 0 Å². The van der Waals surface area contributed by atoms with Crippen LogP contribution in [0.3, 0.4) is 0 Å². The zero-order valence-corrected chi connectivity index (χ0v) is 18.9. The Morgan fingerprint density at radius 3 is 2.28 bits per heavy atom. The number of nitrogens with one attached hydrogen (secondary N) is 1. The van der Waals surface area contributed by atoms with Gasteiger partial charge in [0.2, 0.25) is 0 Å². The Hall–Kier alpha value is -1.89. The van der Waals surface area contributed by atoms with Gasteiger partial charge < -0.3 is 17.7 Å². The van der Waals surface area contributed by atoms with E-state index in [0.29, 0.717) is 6.42 Å². The molecule has 1 N–H and O–H groups in total. The number of allylic oxidation sites excluding steroid dienone is 2. The molecule has 158 valence electrons. The summed E-state index contributed by atoms with van der Waals surface area (Å²) in [7, 11) is 4.64. The van der Waals surface area contributed by atoms with E-state index in [1.54, 1.807) is 12.1 Å². The molecule has 0 atom stereocenters. The summed E-state index contributed by atoms with van der Waals surface area (Å²) in [6, 6.07) is 3.05. The van der Waals surface area contributed by atoms with Crippen molar-refractivity contribution < 1.29 is 35.5 Å². The number of hydrogen-bond donors (Lipinski definition) is 1. The van der Waals surface area contributed by atoms with Crippen LogP contribution in [0.15, 0.2) is 41.2 Å². The van der Waals surface area contributed by atoms with E-state index in [-0.39, 0.29) is 30.9 Å². The molecule has 0 radical (unpaired) electrons. The zero-order chi connectivity index (χ0) is 20.7. The Morgan fingerprint density at radius 1 is 1.14 bits per heavy atom. The minimum absolute atomic E-state index is 0. The molecule has 0 unspecified atom stereocenters. The van der Waals surface area contributed by atoms with Crippen LogP contribution >= 0.6 is 9.58 Å². The molecule has 0 bridgehead atoms. The van der Waals surface area contributed by atoms with Crippen molar-refractivity contribution >= 4 is 27.1 Å². The van der Waals surface area contributed by atoms with Gasteiger partial charge >= 0.3 is 27.5 Å². The molecule has 0 fully saturated rings. The summed E-state index contributed by atoms with van der Waals surface area (Å²) < 4.78 is 58.4. The molecule has 0 spiro atoms. The van der Waals surface area contributed by atoms with Crippen LogP contribution in [0.25, 0.3) is 5.57 Å². The van der Waals surface area contributed by atoms with Crippen molar-refractivity contribution in [2.75, 3.05) is 11.9 Å². The molecule has 2 aromatic rings. The van der Waals surface area contributed by atoms with Crippen LogP contribution in [0, 0.1) is 30.7 Å². The predicted octanol–water partition coefficient (Wildman–Crippen LogP) is 5.95. The molecule has 1 aromatic carbocycles. The van der Waals surface area contributed by atoms with Gasteiger partial charge in [0.05, 0.1) is 11.3 Å². The van der Waals surface area contributed by atoms with Crippen molar-refractivity contribution in [3.8, 4) is 0 Å². The molecule has 0 aliphatic carbocycles. The fourth-order valence-corrected chi connectivity index (χ4v) is 2.68. The number of halogens is 5. The number of nitrogens with zero attached hydrogens (tertiary/aromatic N) is 2. The van der Waals surface area contributed by atoms with Crippen molar-refractivity contribution in [2.45, 2.75) is 19.8 Å². The first-order valence-corrected chi connectivity index (χ1v) is 11.3. The summed E-state index contributed by atoms with van der Waals surface area (Å²) in [5, 5.41) is 2.43. The summed E-state index contributed by atoms with van der Waals surface area (Å²) in [4.78, 5) is 8.01. The van der Waals surface area contributed by atoms with Crippen molar-refractivity contribution in [3.05, 3.63) is 78.1 Å². The molecule has 0 saturated carbocycles. The van der Waals surface area contributed by atoms with Crippen molar-refractivity contribution in [1.29, 1.82) is 0 Å². The topological polar surface area (TPSA) is 38.5 Å². The molecule has 3 rings (SSSR count). The van der Waals surface area contributed by atoms with E-state index in [4.69, 9.17) is 0 Å².